The van der Waals surface area contributed by atoms with Gasteiger partial charge in [-0.3, -0.25) is 4.72 Å². The molecule has 0 saturated carbocycles. The van der Waals surface area contributed by atoms with Gasteiger partial charge in [-0.15, -0.1) is 0 Å². The largest absolute Gasteiger partial charge is 0.360 e. The van der Waals surface area contributed by atoms with E-state index in [4.69, 9.17) is 0 Å². The van der Waals surface area contributed by atoms with Gasteiger partial charge in [0, 0.05) is 25.9 Å². The van der Waals surface area contributed by atoms with Crippen LogP contribution in [0.15, 0.2) is 41.4 Å². The van der Waals surface area contributed by atoms with Crippen molar-refractivity contribution in [3.8, 4) is 0 Å². The zero-order valence-corrected chi connectivity index (χ0v) is 13.6. The van der Waals surface area contributed by atoms with E-state index in [0.717, 1.165) is 31.2 Å². The average molecular weight is 341 g/mol. The third-order valence-electron chi connectivity index (χ3n) is 3.15. The van der Waals surface area contributed by atoms with Gasteiger partial charge in [0.25, 0.3) is 10.0 Å². The number of nitrogens with one attached hydrogen (secondary N) is 1. The van der Waals surface area contributed by atoms with Gasteiger partial charge >= 0.3 is 0 Å². The number of benzene rings is 1. The van der Waals surface area contributed by atoms with Crippen molar-refractivity contribution in [2.75, 3.05) is 23.2 Å². The molecule has 124 valence electrons. The van der Waals surface area contributed by atoms with Crippen molar-refractivity contribution in [1.29, 1.82) is 0 Å². The first-order valence-electron chi connectivity index (χ1n) is 6.98. The van der Waals surface area contributed by atoms with E-state index in [-0.39, 0.29) is 10.6 Å². The fraction of sp³-hybridized carbons (Fsp3) is 0.267. The van der Waals surface area contributed by atoms with Crippen LogP contribution in [0.3, 0.4) is 0 Å². The van der Waals surface area contributed by atoms with Gasteiger partial charge in [0.05, 0.1) is 5.69 Å². The van der Waals surface area contributed by atoms with Crippen molar-refractivity contribution >= 4 is 21.5 Å². The van der Waals surface area contributed by atoms with Gasteiger partial charge in [-0.25, -0.2) is 22.2 Å². The fourth-order valence-corrected chi connectivity index (χ4v) is 2.97. The molecule has 0 aliphatic carbocycles. The number of nitrogens with zero attached hydrogens (tertiary/aromatic N) is 2. The van der Waals surface area contributed by atoms with Crippen LogP contribution in [0.5, 0.6) is 0 Å². The molecule has 1 aromatic heterocycles. The maximum atomic E-state index is 13.1. The summed E-state index contributed by atoms with van der Waals surface area (Å²) in [6.07, 6.45) is 2.17. The summed E-state index contributed by atoms with van der Waals surface area (Å²) in [6, 6.07) is 5.79. The maximum absolute atomic E-state index is 13.1. The van der Waals surface area contributed by atoms with Crippen LogP contribution in [-0.2, 0) is 10.0 Å². The summed E-state index contributed by atoms with van der Waals surface area (Å²) in [5.74, 6) is -1.52. The van der Waals surface area contributed by atoms with E-state index in [2.05, 4.69) is 9.71 Å². The summed E-state index contributed by atoms with van der Waals surface area (Å²) >= 11 is 0. The van der Waals surface area contributed by atoms with Crippen LogP contribution in [0, 0.1) is 11.6 Å². The lowest BCUT2D eigenvalue weighted by atomic mass is 10.3. The summed E-state index contributed by atoms with van der Waals surface area (Å²) in [5, 5.41) is 0. The number of sulfonamides is 1. The number of rotatable bonds is 6. The SMILES string of the molecule is CCCN(C)c1ccc(S(=O)(=O)Nc2ccc(F)c(F)c2)cn1. The molecule has 0 bridgehead atoms. The number of aromatic nitrogens is 1. The molecule has 8 heteroatoms. The molecule has 1 heterocycles. The van der Waals surface area contributed by atoms with Gasteiger partial charge in [-0.2, -0.15) is 0 Å². The topological polar surface area (TPSA) is 62.3 Å². The number of hydrogen-bond donors (Lipinski definition) is 1. The van der Waals surface area contributed by atoms with E-state index < -0.39 is 21.7 Å². The molecule has 0 aliphatic heterocycles. The second-order valence-corrected chi connectivity index (χ2v) is 6.69. The molecule has 0 saturated heterocycles. The molecule has 0 fully saturated rings. The minimum atomic E-state index is -3.92. The summed E-state index contributed by atoms with van der Waals surface area (Å²) in [7, 11) is -2.06. The molecular formula is C15H17F2N3O2S. The van der Waals surface area contributed by atoms with Crippen molar-refractivity contribution < 1.29 is 17.2 Å². The standard InChI is InChI=1S/C15H17F2N3O2S/c1-3-8-20(2)15-7-5-12(10-18-15)23(21,22)19-11-4-6-13(16)14(17)9-11/h4-7,9-10,19H,3,8H2,1-2H3. The quantitative estimate of drug-likeness (QED) is 0.877. The van der Waals surface area contributed by atoms with Crippen LogP contribution in [0.1, 0.15) is 13.3 Å². The smallest absolute Gasteiger partial charge is 0.263 e. The zero-order chi connectivity index (χ0) is 17.0. The molecule has 0 spiro atoms. The molecule has 1 aromatic carbocycles. The Morgan fingerprint density at radius 1 is 1.17 bits per heavy atom. The van der Waals surface area contributed by atoms with Crippen LogP contribution in [-0.4, -0.2) is 27.0 Å². The molecule has 1 N–H and O–H groups in total. The maximum Gasteiger partial charge on any atom is 0.263 e. The average Bonchev–Trinajstić information content (AvgIpc) is 2.51. The Morgan fingerprint density at radius 2 is 1.91 bits per heavy atom. The van der Waals surface area contributed by atoms with E-state index in [1.165, 1.54) is 12.3 Å². The Balaban J connectivity index is 2.20. The van der Waals surface area contributed by atoms with Gasteiger partial charge in [-0.05, 0) is 30.7 Å². The Bertz CT molecular complexity index is 780. The third kappa shape index (κ3) is 4.16. The predicted octanol–water partition coefficient (Wildman–Crippen LogP) is 3.01. The van der Waals surface area contributed by atoms with Gasteiger partial charge in [0.2, 0.25) is 0 Å². The van der Waals surface area contributed by atoms with E-state index >= 15 is 0 Å². The highest BCUT2D eigenvalue weighted by atomic mass is 32.2. The fourth-order valence-electron chi connectivity index (χ4n) is 1.98. The molecule has 0 amide bonds. The van der Waals surface area contributed by atoms with Crippen LogP contribution < -0.4 is 9.62 Å². The van der Waals surface area contributed by atoms with Crippen molar-refractivity contribution in [1.82, 2.24) is 4.98 Å². The van der Waals surface area contributed by atoms with Crippen LogP contribution in [0.4, 0.5) is 20.3 Å². The van der Waals surface area contributed by atoms with Gasteiger partial charge in [0.1, 0.15) is 10.7 Å². The van der Waals surface area contributed by atoms with Gasteiger partial charge < -0.3 is 4.90 Å². The first kappa shape index (κ1) is 17.1. The number of hydrogen-bond acceptors (Lipinski definition) is 4. The zero-order valence-electron chi connectivity index (χ0n) is 12.8. The minimum Gasteiger partial charge on any atom is -0.360 e. The van der Waals surface area contributed by atoms with Crippen LogP contribution >= 0.6 is 0 Å². The molecule has 0 radical (unpaired) electrons. The van der Waals surface area contributed by atoms with Crippen molar-refractivity contribution in [3.05, 3.63) is 48.2 Å². The normalized spacial score (nSPS) is 11.3. The molecule has 23 heavy (non-hydrogen) atoms. The molecule has 0 atom stereocenters. The van der Waals surface area contributed by atoms with E-state index in [1.54, 1.807) is 6.07 Å². The molecule has 5 nitrogen and oxygen atoms in total. The monoisotopic (exact) mass is 341 g/mol. The first-order chi connectivity index (χ1) is 10.8. The highest BCUT2D eigenvalue weighted by Crippen LogP contribution is 2.19. The first-order valence-corrected chi connectivity index (χ1v) is 8.47. The summed E-state index contributed by atoms with van der Waals surface area (Å²) < 4.78 is 52.6. The van der Waals surface area contributed by atoms with Crippen LogP contribution in [0.25, 0.3) is 0 Å². The molecule has 0 aliphatic rings. The third-order valence-corrected chi connectivity index (χ3v) is 4.52. The molecular weight excluding hydrogens is 324 g/mol. The number of anilines is 2. The Hall–Kier alpha value is -2.22. The lowest BCUT2D eigenvalue weighted by molar-refractivity contribution is 0.509. The molecule has 2 rings (SSSR count). The lowest BCUT2D eigenvalue weighted by Gasteiger charge is -2.17. The number of halogens is 2. The summed E-state index contributed by atoms with van der Waals surface area (Å²) in [6.45, 7) is 2.83. The van der Waals surface area contributed by atoms with Crippen LogP contribution in [0.2, 0.25) is 0 Å². The highest BCUT2D eigenvalue weighted by Gasteiger charge is 2.16. The summed E-state index contributed by atoms with van der Waals surface area (Å²) in [4.78, 5) is 5.95. The van der Waals surface area contributed by atoms with Gasteiger partial charge in [-0.1, -0.05) is 6.92 Å². The predicted molar refractivity (Wildman–Crippen MR) is 85.0 cm³/mol. The Kier molecular flexibility index (Phi) is 5.15. The second-order valence-electron chi connectivity index (χ2n) is 5.01. The van der Waals surface area contributed by atoms with Gasteiger partial charge in [0.15, 0.2) is 11.6 Å². The summed E-state index contributed by atoms with van der Waals surface area (Å²) in [5.41, 5.74) is -0.0592. The molecule has 0 unspecified atom stereocenters. The second kappa shape index (κ2) is 6.91. The van der Waals surface area contributed by atoms with E-state index in [1.807, 2.05) is 18.9 Å². The van der Waals surface area contributed by atoms with Crippen molar-refractivity contribution in [2.24, 2.45) is 0 Å². The van der Waals surface area contributed by atoms with E-state index in [9.17, 15) is 17.2 Å². The van der Waals surface area contributed by atoms with Crippen molar-refractivity contribution in [3.63, 3.8) is 0 Å². The minimum absolute atomic E-state index is 0.0592. The Morgan fingerprint density at radius 3 is 2.48 bits per heavy atom. The van der Waals surface area contributed by atoms with Crippen molar-refractivity contribution in [2.45, 2.75) is 18.2 Å². The Labute approximate surface area is 134 Å². The number of pyridine rings is 1. The van der Waals surface area contributed by atoms with E-state index in [0.29, 0.717) is 5.82 Å². The highest BCUT2D eigenvalue weighted by molar-refractivity contribution is 7.92. The lowest BCUT2D eigenvalue weighted by Crippen LogP contribution is -2.19. The molecule has 2 aromatic rings.